The number of nitrogen functional groups attached to an aromatic ring is 1. The average molecular weight is 268 g/mol. The van der Waals surface area contributed by atoms with Gasteiger partial charge in [0.05, 0.1) is 5.56 Å². The van der Waals surface area contributed by atoms with Crippen molar-refractivity contribution in [2.45, 2.75) is 12.8 Å². The average Bonchev–Trinajstić information content (AvgIpc) is 2.46. The first-order valence-electron chi connectivity index (χ1n) is 6.19. The molecule has 2 rings (SSSR count). The highest BCUT2D eigenvalue weighted by atomic mass is 19.1. The fraction of sp³-hybridized carbons (Fsp3) is 0.500. The third-order valence-electron chi connectivity index (χ3n) is 3.16. The third-order valence-corrected chi connectivity index (χ3v) is 3.16. The zero-order valence-electron chi connectivity index (χ0n) is 10.5. The minimum atomic E-state index is -0.741. The van der Waals surface area contributed by atoms with Crippen LogP contribution in [-0.4, -0.2) is 30.6 Å². The van der Waals surface area contributed by atoms with Gasteiger partial charge >= 0.3 is 0 Å². The molecule has 104 valence electrons. The van der Waals surface area contributed by atoms with Crippen molar-refractivity contribution in [3.05, 3.63) is 23.6 Å². The number of nitrogens with two attached hydrogens (primary N) is 1. The van der Waals surface area contributed by atoms with Gasteiger partial charge in [-0.1, -0.05) is 0 Å². The number of pyridine rings is 1. The molecule has 6 nitrogen and oxygen atoms in total. The van der Waals surface area contributed by atoms with Crippen molar-refractivity contribution in [1.82, 2.24) is 10.3 Å². The Morgan fingerprint density at radius 1 is 1.53 bits per heavy atom. The standard InChI is InChI=1S/C12H17FN4O2/c13-10-9(1-4-15-11(10)17-14)12(18)16-7-8-2-5-19-6-3-8/h1,4,8H,2-3,5-7,14H2,(H,15,17)(H,16,18). The van der Waals surface area contributed by atoms with Crippen molar-refractivity contribution in [3.63, 3.8) is 0 Å². The molecule has 1 aliphatic rings. The molecule has 0 bridgehead atoms. The molecule has 1 aromatic heterocycles. The van der Waals surface area contributed by atoms with E-state index >= 15 is 0 Å². The molecule has 1 amide bonds. The lowest BCUT2D eigenvalue weighted by Crippen LogP contribution is -2.32. The van der Waals surface area contributed by atoms with Crippen LogP contribution in [0.25, 0.3) is 0 Å². The quantitative estimate of drug-likeness (QED) is 0.551. The summed E-state index contributed by atoms with van der Waals surface area (Å²) in [6, 6.07) is 1.33. The van der Waals surface area contributed by atoms with Crippen LogP contribution in [0.4, 0.5) is 10.2 Å². The van der Waals surface area contributed by atoms with E-state index in [9.17, 15) is 9.18 Å². The van der Waals surface area contributed by atoms with Crippen LogP contribution in [0.15, 0.2) is 12.3 Å². The Morgan fingerprint density at radius 2 is 2.26 bits per heavy atom. The van der Waals surface area contributed by atoms with Crippen molar-refractivity contribution in [2.75, 3.05) is 25.2 Å². The molecule has 1 saturated heterocycles. The van der Waals surface area contributed by atoms with Crippen molar-refractivity contribution in [3.8, 4) is 0 Å². The van der Waals surface area contributed by atoms with E-state index in [-0.39, 0.29) is 11.4 Å². The number of carbonyl (C=O) groups excluding carboxylic acids is 1. The Labute approximate surface area is 110 Å². The highest BCUT2D eigenvalue weighted by Gasteiger charge is 2.18. The minimum Gasteiger partial charge on any atom is -0.381 e. The zero-order valence-corrected chi connectivity index (χ0v) is 10.5. The smallest absolute Gasteiger partial charge is 0.254 e. The number of nitrogens with zero attached hydrogens (tertiary/aromatic N) is 1. The number of amides is 1. The van der Waals surface area contributed by atoms with E-state index in [1.165, 1.54) is 12.3 Å². The van der Waals surface area contributed by atoms with Gasteiger partial charge < -0.3 is 15.5 Å². The molecule has 1 fully saturated rings. The summed E-state index contributed by atoms with van der Waals surface area (Å²) < 4.78 is 19.0. The topological polar surface area (TPSA) is 89.3 Å². The van der Waals surface area contributed by atoms with E-state index in [0.29, 0.717) is 25.7 Å². The second-order valence-electron chi connectivity index (χ2n) is 4.43. The predicted molar refractivity (Wildman–Crippen MR) is 67.9 cm³/mol. The molecule has 0 spiro atoms. The Morgan fingerprint density at radius 3 is 2.95 bits per heavy atom. The molecule has 0 radical (unpaired) electrons. The maximum absolute atomic E-state index is 13.8. The molecule has 0 aliphatic carbocycles. The van der Waals surface area contributed by atoms with Crippen molar-refractivity contribution >= 4 is 11.7 Å². The number of anilines is 1. The van der Waals surface area contributed by atoms with Gasteiger partial charge in [0, 0.05) is 26.0 Å². The van der Waals surface area contributed by atoms with Crippen LogP contribution in [0.1, 0.15) is 23.2 Å². The monoisotopic (exact) mass is 268 g/mol. The molecule has 1 aliphatic heterocycles. The van der Waals surface area contributed by atoms with Gasteiger partial charge in [-0.05, 0) is 24.8 Å². The Kier molecular flexibility index (Phi) is 4.64. The Hall–Kier alpha value is -1.73. The number of hydrazine groups is 1. The highest BCUT2D eigenvalue weighted by molar-refractivity contribution is 5.95. The summed E-state index contributed by atoms with van der Waals surface area (Å²) >= 11 is 0. The van der Waals surface area contributed by atoms with Crippen molar-refractivity contribution < 1.29 is 13.9 Å². The van der Waals surface area contributed by atoms with Crippen LogP contribution < -0.4 is 16.6 Å². The number of rotatable bonds is 4. The molecule has 7 heteroatoms. The molecule has 0 saturated carbocycles. The first-order chi connectivity index (χ1) is 9.22. The minimum absolute atomic E-state index is 0.0602. The zero-order chi connectivity index (χ0) is 13.7. The second kappa shape index (κ2) is 6.44. The fourth-order valence-electron chi connectivity index (χ4n) is 2.00. The lowest BCUT2D eigenvalue weighted by atomic mass is 10.0. The van der Waals surface area contributed by atoms with Crippen LogP contribution in [0.3, 0.4) is 0 Å². The molecule has 0 unspecified atom stereocenters. The maximum Gasteiger partial charge on any atom is 0.254 e. The lowest BCUT2D eigenvalue weighted by molar-refractivity contribution is 0.0642. The third kappa shape index (κ3) is 3.39. The summed E-state index contributed by atoms with van der Waals surface area (Å²) in [5.41, 5.74) is 2.05. The van der Waals surface area contributed by atoms with E-state index in [2.05, 4.69) is 15.7 Å². The number of ether oxygens (including phenoxy) is 1. The SMILES string of the molecule is NNc1nccc(C(=O)NCC2CCOCC2)c1F. The number of hydrogen-bond donors (Lipinski definition) is 3. The molecule has 2 heterocycles. The molecule has 0 aromatic carbocycles. The van der Waals surface area contributed by atoms with Gasteiger partial charge in [0.15, 0.2) is 11.6 Å². The molecule has 0 atom stereocenters. The van der Waals surface area contributed by atoms with Gasteiger partial charge in [0.1, 0.15) is 0 Å². The van der Waals surface area contributed by atoms with Gasteiger partial charge in [-0.25, -0.2) is 15.2 Å². The van der Waals surface area contributed by atoms with Crippen LogP contribution in [0.2, 0.25) is 0 Å². The van der Waals surface area contributed by atoms with Gasteiger partial charge in [-0.2, -0.15) is 0 Å². The van der Waals surface area contributed by atoms with Crippen LogP contribution in [-0.2, 0) is 4.74 Å². The number of aromatic nitrogens is 1. The molecule has 19 heavy (non-hydrogen) atoms. The fourth-order valence-corrected chi connectivity index (χ4v) is 2.00. The van der Waals surface area contributed by atoms with E-state index in [1.807, 2.05) is 0 Å². The first-order valence-corrected chi connectivity index (χ1v) is 6.19. The lowest BCUT2D eigenvalue weighted by Gasteiger charge is -2.22. The van der Waals surface area contributed by atoms with Crippen LogP contribution >= 0.6 is 0 Å². The summed E-state index contributed by atoms with van der Waals surface area (Å²) in [5, 5.41) is 2.73. The first kappa shape index (κ1) is 13.7. The van der Waals surface area contributed by atoms with Gasteiger partial charge in [0.2, 0.25) is 0 Å². The summed E-state index contributed by atoms with van der Waals surface area (Å²) in [6.07, 6.45) is 3.16. The summed E-state index contributed by atoms with van der Waals surface area (Å²) in [7, 11) is 0. The van der Waals surface area contributed by atoms with Crippen molar-refractivity contribution in [2.24, 2.45) is 11.8 Å². The molecular formula is C12H17FN4O2. The van der Waals surface area contributed by atoms with E-state index < -0.39 is 11.7 Å². The molecule has 4 N–H and O–H groups in total. The second-order valence-corrected chi connectivity index (χ2v) is 4.43. The summed E-state index contributed by atoms with van der Waals surface area (Å²) in [4.78, 5) is 15.6. The van der Waals surface area contributed by atoms with E-state index in [0.717, 1.165) is 12.8 Å². The molecule has 1 aromatic rings. The van der Waals surface area contributed by atoms with Gasteiger partial charge in [0.25, 0.3) is 5.91 Å². The number of halogens is 1. The largest absolute Gasteiger partial charge is 0.381 e. The predicted octanol–water partition coefficient (Wildman–Crippen LogP) is 0.663. The summed E-state index contributed by atoms with van der Waals surface area (Å²) in [5.74, 6) is 4.16. The summed E-state index contributed by atoms with van der Waals surface area (Å²) in [6.45, 7) is 1.95. The van der Waals surface area contributed by atoms with Crippen molar-refractivity contribution in [1.29, 1.82) is 0 Å². The normalized spacial score (nSPS) is 16.1. The number of hydrogen-bond acceptors (Lipinski definition) is 5. The molecular weight excluding hydrogens is 251 g/mol. The Bertz CT molecular complexity index is 449. The number of carbonyl (C=O) groups is 1. The van der Waals surface area contributed by atoms with Gasteiger partial charge in [-0.3, -0.25) is 4.79 Å². The van der Waals surface area contributed by atoms with Gasteiger partial charge in [-0.15, -0.1) is 0 Å². The van der Waals surface area contributed by atoms with Crippen LogP contribution in [0.5, 0.6) is 0 Å². The number of nitrogens with one attached hydrogen (secondary N) is 2. The van der Waals surface area contributed by atoms with Crippen LogP contribution in [0, 0.1) is 11.7 Å². The maximum atomic E-state index is 13.8. The van der Waals surface area contributed by atoms with E-state index in [1.54, 1.807) is 0 Å². The highest BCUT2D eigenvalue weighted by Crippen LogP contribution is 2.16. The van der Waals surface area contributed by atoms with E-state index in [4.69, 9.17) is 10.6 Å². The Balaban J connectivity index is 1.95.